The van der Waals surface area contributed by atoms with Crippen LogP contribution in [0.15, 0.2) is 48.5 Å². The third-order valence-electron chi connectivity index (χ3n) is 6.76. The second-order valence-corrected chi connectivity index (χ2v) is 9.13. The molecule has 1 heterocycles. The Balaban J connectivity index is 1.85. The molecule has 3 rings (SSSR count). The van der Waals surface area contributed by atoms with Crippen LogP contribution >= 0.6 is 0 Å². The monoisotopic (exact) mass is 439 g/mol. The van der Waals surface area contributed by atoms with Crippen molar-refractivity contribution < 1.29 is 19.0 Å². The molecule has 1 saturated heterocycles. The zero-order chi connectivity index (χ0) is 23.1. The molecular weight excluding hydrogens is 402 g/mol. The normalized spacial score (nSPS) is 20.8. The van der Waals surface area contributed by atoms with Gasteiger partial charge in [-0.25, -0.2) is 0 Å². The molecule has 0 aromatic heterocycles. The second kappa shape index (κ2) is 10.9. The molecular formula is C27H37NO4. The van der Waals surface area contributed by atoms with Gasteiger partial charge in [-0.3, -0.25) is 4.79 Å². The Morgan fingerprint density at radius 1 is 1.12 bits per heavy atom. The van der Waals surface area contributed by atoms with Crippen molar-refractivity contribution >= 4 is 5.91 Å². The highest BCUT2D eigenvalue weighted by atomic mass is 16.5. The third-order valence-corrected chi connectivity index (χ3v) is 6.76. The van der Waals surface area contributed by atoms with Crippen molar-refractivity contribution in [2.45, 2.75) is 58.1 Å². The fraction of sp³-hybridized carbons (Fsp3) is 0.519. The van der Waals surface area contributed by atoms with Crippen LogP contribution in [0.2, 0.25) is 0 Å². The summed E-state index contributed by atoms with van der Waals surface area (Å²) in [5, 5.41) is 0. The molecule has 0 radical (unpaired) electrons. The van der Waals surface area contributed by atoms with E-state index in [2.05, 4.69) is 26.0 Å². The first-order valence-corrected chi connectivity index (χ1v) is 11.5. The van der Waals surface area contributed by atoms with Crippen LogP contribution in [0.4, 0.5) is 0 Å². The van der Waals surface area contributed by atoms with Crippen molar-refractivity contribution in [2.75, 3.05) is 27.4 Å². The van der Waals surface area contributed by atoms with Crippen LogP contribution in [-0.2, 0) is 21.5 Å². The molecule has 1 amide bonds. The fourth-order valence-corrected chi connectivity index (χ4v) is 4.72. The Morgan fingerprint density at radius 3 is 2.47 bits per heavy atom. The number of nitrogens with zero attached hydrogens (tertiary/aromatic N) is 1. The molecule has 5 heteroatoms. The number of rotatable bonds is 9. The summed E-state index contributed by atoms with van der Waals surface area (Å²) in [6, 6.07) is 16.2. The largest absolute Gasteiger partial charge is 0.497 e. The molecule has 2 aromatic carbocycles. The number of hydrogen-bond donors (Lipinski definition) is 0. The van der Waals surface area contributed by atoms with Crippen molar-refractivity contribution in [3.05, 3.63) is 59.7 Å². The molecule has 0 saturated carbocycles. The zero-order valence-corrected chi connectivity index (χ0v) is 20.1. The summed E-state index contributed by atoms with van der Waals surface area (Å²) in [4.78, 5) is 14.5. The Morgan fingerprint density at radius 2 is 1.84 bits per heavy atom. The van der Waals surface area contributed by atoms with Crippen LogP contribution in [0.3, 0.4) is 0 Å². The van der Waals surface area contributed by atoms with Gasteiger partial charge < -0.3 is 19.1 Å². The standard InChI is InChI=1S/C27H37NO4/c1-20(2)26-18-27(15-17-32-26,24-8-6-7-9-25(24)31-5)14-16-28(21(3)29)19-22-10-12-23(30-4)13-11-22/h6-13,20,26H,14-19H2,1-5H3/t26-,27+/m0/s1. The first-order valence-electron chi connectivity index (χ1n) is 11.5. The minimum absolute atomic E-state index is 0.0865. The van der Waals surface area contributed by atoms with E-state index in [9.17, 15) is 4.79 Å². The van der Waals surface area contributed by atoms with Gasteiger partial charge in [-0.1, -0.05) is 44.2 Å². The number of para-hydroxylation sites is 1. The van der Waals surface area contributed by atoms with E-state index in [1.807, 2.05) is 41.3 Å². The number of methoxy groups -OCH3 is 2. The minimum atomic E-state index is -0.0899. The molecule has 0 spiro atoms. The summed E-state index contributed by atoms with van der Waals surface area (Å²) in [6.07, 6.45) is 2.92. The van der Waals surface area contributed by atoms with Crippen LogP contribution in [0.5, 0.6) is 11.5 Å². The quantitative estimate of drug-likeness (QED) is 0.538. The van der Waals surface area contributed by atoms with Crippen LogP contribution in [-0.4, -0.2) is 44.3 Å². The molecule has 2 atom stereocenters. The summed E-state index contributed by atoms with van der Waals surface area (Å²) in [6.45, 7) is 8.08. The predicted molar refractivity (Wildman–Crippen MR) is 127 cm³/mol. The van der Waals surface area contributed by atoms with Crippen molar-refractivity contribution in [2.24, 2.45) is 5.92 Å². The van der Waals surface area contributed by atoms with Gasteiger partial charge in [0.15, 0.2) is 0 Å². The minimum Gasteiger partial charge on any atom is -0.497 e. The van der Waals surface area contributed by atoms with Crippen LogP contribution in [0.25, 0.3) is 0 Å². The summed E-state index contributed by atoms with van der Waals surface area (Å²) in [7, 11) is 3.39. The van der Waals surface area contributed by atoms with E-state index >= 15 is 0 Å². The van der Waals surface area contributed by atoms with E-state index in [0.717, 1.165) is 42.9 Å². The summed E-state index contributed by atoms with van der Waals surface area (Å²) >= 11 is 0. The van der Waals surface area contributed by atoms with Gasteiger partial charge in [0, 0.05) is 37.6 Å². The highest BCUT2D eigenvalue weighted by Crippen LogP contribution is 2.45. The van der Waals surface area contributed by atoms with E-state index in [1.165, 1.54) is 5.56 Å². The highest BCUT2D eigenvalue weighted by molar-refractivity contribution is 5.73. The first-order chi connectivity index (χ1) is 15.4. The SMILES string of the molecule is COc1ccc(CN(CC[C@@]2(c3ccccc3OC)CCO[C@H](C(C)C)C2)C(C)=O)cc1. The number of ether oxygens (including phenoxy) is 3. The average molecular weight is 440 g/mol. The lowest BCUT2D eigenvalue weighted by atomic mass is 9.68. The molecule has 1 aliphatic rings. The van der Waals surface area contributed by atoms with Crippen molar-refractivity contribution in [1.29, 1.82) is 0 Å². The maximum absolute atomic E-state index is 12.5. The van der Waals surface area contributed by atoms with Gasteiger partial charge in [0.25, 0.3) is 0 Å². The second-order valence-electron chi connectivity index (χ2n) is 9.13. The van der Waals surface area contributed by atoms with Crippen molar-refractivity contribution in [3.63, 3.8) is 0 Å². The number of amides is 1. The lowest BCUT2D eigenvalue weighted by molar-refractivity contribution is -0.130. The van der Waals surface area contributed by atoms with Crippen LogP contribution < -0.4 is 9.47 Å². The van der Waals surface area contributed by atoms with Crippen LogP contribution in [0, 0.1) is 5.92 Å². The van der Waals surface area contributed by atoms with Gasteiger partial charge in [-0.2, -0.15) is 0 Å². The van der Waals surface area contributed by atoms with E-state index in [-0.39, 0.29) is 17.4 Å². The smallest absolute Gasteiger partial charge is 0.219 e. The van der Waals surface area contributed by atoms with Crippen LogP contribution in [0.1, 0.15) is 51.2 Å². The molecule has 0 bridgehead atoms. The molecule has 5 nitrogen and oxygen atoms in total. The molecule has 174 valence electrons. The lowest BCUT2D eigenvalue weighted by Gasteiger charge is -2.44. The van der Waals surface area contributed by atoms with Gasteiger partial charge in [-0.15, -0.1) is 0 Å². The van der Waals surface area contributed by atoms with E-state index in [0.29, 0.717) is 19.0 Å². The predicted octanol–water partition coefficient (Wildman–Crippen LogP) is 5.22. The molecule has 1 fully saturated rings. The van der Waals surface area contributed by atoms with Gasteiger partial charge >= 0.3 is 0 Å². The Hall–Kier alpha value is -2.53. The number of carbonyl (C=O) groups excluding carboxylic acids is 1. The summed E-state index contributed by atoms with van der Waals surface area (Å²) < 4.78 is 17.1. The molecule has 0 aliphatic carbocycles. The first kappa shape index (κ1) is 24.1. The topological polar surface area (TPSA) is 48.0 Å². The van der Waals surface area contributed by atoms with Gasteiger partial charge in [0.2, 0.25) is 5.91 Å². The highest BCUT2D eigenvalue weighted by Gasteiger charge is 2.41. The van der Waals surface area contributed by atoms with E-state index in [4.69, 9.17) is 14.2 Å². The Labute approximate surface area is 192 Å². The van der Waals surface area contributed by atoms with Gasteiger partial charge in [-0.05, 0) is 48.9 Å². The zero-order valence-electron chi connectivity index (χ0n) is 20.1. The van der Waals surface area contributed by atoms with Crippen molar-refractivity contribution in [1.82, 2.24) is 4.90 Å². The van der Waals surface area contributed by atoms with Gasteiger partial charge in [0.05, 0.1) is 20.3 Å². The lowest BCUT2D eigenvalue weighted by Crippen LogP contribution is -2.43. The number of hydrogen-bond acceptors (Lipinski definition) is 4. The Bertz CT molecular complexity index is 879. The Kier molecular flexibility index (Phi) is 8.19. The maximum Gasteiger partial charge on any atom is 0.219 e. The van der Waals surface area contributed by atoms with Gasteiger partial charge in [0.1, 0.15) is 11.5 Å². The van der Waals surface area contributed by atoms with E-state index < -0.39 is 0 Å². The maximum atomic E-state index is 12.5. The number of carbonyl (C=O) groups is 1. The van der Waals surface area contributed by atoms with Crippen molar-refractivity contribution in [3.8, 4) is 11.5 Å². The molecule has 2 aromatic rings. The number of benzene rings is 2. The third kappa shape index (κ3) is 5.63. The van der Waals surface area contributed by atoms with E-state index in [1.54, 1.807) is 21.1 Å². The molecule has 32 heavy (non-hydrogen) atoms. The molecule has 0 unspecified atom stereocenters. The molecule has 0 N–H and O–H groups in total. The molecule has 1 aliphatic heterocycles. The fourth-order valence-electron chi connectivity index (χ4n) is 4.72. The summed E-state index contributed by atoms with van der Waals surface area (Å²) in [5.41, 5.74) is 2.23. The summed E-state index contributed by atoms with van der Waals surface area (Å²) in [5.74, 6) is 2.26. The average Bonchev–Trinajstić information content (AvgIpc) is 2.82.